The normalized spacial score (nSPS) is 31.2. The van der Waals surface area contributed by atoms with Gasteiger partial charge in [0, 0.05) is 18.9 Å². The number of epoxide rings is 1. The van der Waals surface area contributed by atoms with Gasteiger partial charge >= 0.3 is 5.97 Å². The number of phenolic OH excluding ortho intramolecular Hbond substituents is 2. The Labute approximate surface area is 150 Å². The van der Waals surface area contributed by atoms with E-state index in [2.05, 4.69) is 0 Å². The van der Waals surface area contributed by atoms with Crippen LogP contribution in [0.1, 0.15) is 42.1 Å². The highest BCUT2D eigenvalue weighted by molar-refractivity contribution is 6.33. The largest absolute Gasteiger partial charge is 0.507 e. The maximum atomic E-state index is 12.5. The lowest BCUT2D eigenvalue weighted by Crippen LogP contribution is -2.20. The van der Waals surface area contributed by atoms with Crippen LogP contribution in [-0.4, -0.2) is 45.7 Å². The summed E-state index contributed by atoms with van der Waals surface area (Å²) in [6, 6.07) is 1.00. The molecule has 1 aromatic rings. The van der Waals surface area contributed by atoms with Gasteiger partial charge in [0.2, 0.25) is 0 Å². The minimum absolute atomic E-state index is 0.00645. The molecule has 2 unspecified atom stereocenters. The van der Waals surface area contributed by atoms with Crippen LogP contribution >= 0.6 is 11.6 Å². The second-order valence-electron chi connectivity index (χ2n) is 6.55. The van der Waals surface area contributed by atoms with E-state index in [1.54, 1.807) is 6.92 Å². The molecule has 1 fully saturated rings. The summed E-state index contributed by atoms with van der Waals surface area (Å²) in [4.78, 5) is 12.5. The van der Waals surface area contributed by atoms with Gasteiger partial charge in [0.1, 0.15) is 23.2 Å². The van der Waals surface area contributed by atoms with E-state index in [9.17, 15) is 20.1 Å². The fourth-order valence-corrected chi connectivity index (χ4v) is 3.34. The lowest BCUT2D eigenvalue weighted by atomic mass is 9.98. The van der Waals surface area contributed by atoms with E-state index >= 15 is 0 Å². The number of hydrogen-bond donors (Lipinski definition) is 3. The Morgan fingerprint density at radius 1 is 1.16 bits per heavy atom. The molecule has 0 radical (unpaired) electrons. The highest BCUT2D eigenvalue weighted by Crippen LogP contribution is 2.38. The zero-order valence-electron chi connectivity index (χ0n) is 13.8. The van der Waals surface area contributed by atoms with E-state index in [1.165, 1.54) is 0 Å². The molecule has 0 aromatic heterocycles. The van der Waals surface area contributed by atoms with Gasteiger partial charge in [0.25, 0.3) is 0 Å². The minimum Gasteiger partial charge on any atom is -0.507 e. The first kappa shape index (κ1) is 18.0. The molecule has 4 atom stereocenters. The molecule has 136 valence electrons. The van der Waals surface area contributed by atoms with E-state index in [1.807, 2.05) is 12.2 Å². The molecule has 6 nitrogen and oxygen atoms in total. The third-order valence-corrected chi connectivity index (χ3v) is 4.89. The summed E-state index contributed by atoms with van der Waals surface area (Å²) < 4.78 is 11.0. The number of rotatable bonds is 0. The Kier molecular flexibility index (Phi) is 5.22. The van der Waals surface area contributed by atoms with E-state index in [0.717, 1.165) is 12.5 Å². The third-order valence-electron chi connectivity index (χ3n) is 4.47. The molecular formula is C18H21ClO6. The molecule has 7 heteroatoms. The number of carbonyl (C=O) groups excluding carboxylic acids is 1. The number of aliphatic hydroxyl groups is 1. The quantitative estimate of drug-likeness (QED) is 0.370. The fourth-order valence-electron chi connectivity index (χ4n) is 3.12. The number of esters is 1. The van der Waals surface area contributed by atoms with Crippen molar-refractivity contribution in [3.8, 4) is 11.5 Å². The van der Waals surface area contributed by atoms with E-state index in [-0.39, 0.29) is 40.5 Å². The van der Waals surface area contributed by atoms with Gasteiger partial charge in [-0.1, -0.05) is 23.8 Å². The molecule has 25 heavy (non-hydrogen) atoms. The number of phenols is 2. The second kappa shape index (κ2) is 7.23. The monoisotopic (exact) mass is 368 g/mol. The summed E-state index contributed by atoms with van der Waals surface area (Å²) in [5.74, 6) is -1.51. The molecule has 0 aliphatic carbocycles. The van der Waals surface area contributed by atoms with Gasteiger partial charge in [-0.3, -0.25) is 0 Å². The third kappa shape index (κ3) is 4.08. The smallest absolute Gasteiger partial charge is 0.342 e. The highest BCUT2D eigenvalue weighted by Gasteiger charge is 2.39. The number of aliphatic hydroxyl groups excluding tert-OH is 1. The number of cyclic esters (lactones) is 1. The average Bonchev–Trinajstić information content (AvgIpc) is 3.25. The van der Waals surface area contributed by atoms with Gasteiger partial charge in [-0.2, -0.15) is 0 Å². The summed E-state index contributed by atoms with van der Waals surface area (Å²) in [7, 11) is 0. The van der Waals surface area contributed by atoms with Crippen LogP contribution in [0.25, 0.3) is 0 Å². The first-order valence-electron chi connectivity index (χ1n) is 8.29. The lowest BCUT2D eigenvalue weighted by Gasteiger charge is -2.18. The van der Waals surface area contributed by atoms with Crippen molar-refractivity contribution in [2.45, 2.75) is 57.0 Å². The van der Waals surface area contributed by atoms with Crippen molar-refractivity contribution in [2.24, 2.45) is 0 Å². The summed E-state index contributed by atoms with van der Waals surface area (Å²) in [6.45, 7) is 1.76. The Bertz CT molecular complexity index is 701. The molecule has 0 bridgehead atoms. The standard InChI is InChI=1S/C18H21ClO6/c1-9-6-15-14(25-15)5-3-2-4-10(20)7-11-16(18(23)24-9)12(21)8-13(22)17(11)19/h2-3,8-10,14-15,20-22H,4-7H2,1H3/b3-2-/t9-,10+,14?,15?/m1/s1. The minimum atomic E-state index is -0.821. The second-order valence-corrected chi connectivity index (χ2v) is 6.93. The van der Waals surface area contributed by atoms with Gasteiger partial charge in [-0.15, -0.1) is 0 Å². The van der Waals surface area contributed by atoms with Crippen LogP contribution in [0.5, 0.6) is 11.5 Å². The topological polar surface area (TPSA) is 99.5 Å². The maximum Gasteiger partial charge on any atom is 0.342 e. The molecule has 1 aromatic carbocycles. The van der Waals surface area contributed by atoms with Crippen LogP contribution in [0.15, 0.2) is 18.2 Å². The summed E-state index contributed by atoms with van der Waals surface area (Å²) in [5.41, 5.74) is 0.0536. The fraction of sp³-hybridized carbons (Fsp3) is 0.500. The van der Waals surface area contributed by atoms with Crippen LogP contribution < -0.4 is 0 Å². The van der Waals surface area contributed by atoms with Gasteiger partial charge in [0.15, 0.2) is 0 Å². The van der Waals surface area contributed by atoms with Gasteiger partial charge in [-0.05, 0) is 25.3 Å². The summed E-state index contributed by atoms with van der Waals surface area (Å²) >= 11 is 6.11. The van der Waals surface area contributed by atoms with Crippen LogP contribution in [0.4, 0.5) is 0 Å². The van der Waals surface area contributed by atoms with Crippen molar-refractivity contribution in [1.82, 2.24) is 0 Å². The van der Waals surface area contributed by atoms with Crippen molar-refractivity contribution in [2.75, 3.05) is 0 Å². The van der Waals surface area contributed by atoms with Crippen LogP contribution in [0, 0.1) is 0 Å². The number of benzene rings is 1. The molecule has 2 aliphatic heterocycles. The van der Waals surface area contributed by atoms with E-state index in [0.29, 0.717) is 12.8 Å². The van der Waals surface area contributed by atoms with Gasteiger partial charge < -0.3 is 24.8 Å². The zero-order valence-corrected chi connectivity index (χ0v) is 14.6. The Morgan fingerprint density at radius 2 is 1.88 bits per heavy atom. The molecule has 2 aliphatic rings. The molecule has 3 rings (SSSR count). The summed E-state index contributed by atoms with van der Waals surface area (Å²) in [5, 5.41) is 30.1. The SMILES string of the molecule is C[C@@H]1CC2OC2C/C=C\C[C@H](O)Cc2c(Cl)c(O)cc(O)c2C(=O)O1. The van der Waals surface area contributed by atoms with E-state index < -0.39 is 23.9 Å². The number of carbonyl (C=O) groups is 1. The molecular weight excluding hydrogens is 348 g/mol. The Balaban J connectivity index is 1.95. The predicted molar refractivity (Wildman–Crippen MR) is 91.0 cm³/mol. The van der Waals surface area contributed by atoms with Crippen molar-refractivity contribution < 1.29 is 29.6 Å². The van der Waals surface area contributed by atoms with Crippen LogP contribution in [0.2, 0.25) is 5.02 Å². The number of hydrogen-bond acceptors (Lipinski definition) is 6. The number of fused-ring (bicyclic) bond motifs is 2. The van der Waals surface area contributed by atoms with Gasteiger partial charge in [0.05, 0.1) is 23.3 Å². The maximum absolute atomic E-state index is 12.5. The molecule has 3 N–H and O–H groups in total. The Hall–Kier alpha value is -1.76. The zero-order chi connectivity index (χ0) is 18.1. The average molecular weight is 369 g/mol. The Morgan fingerprint density at radius 3 is 2.64 bits per heavy atom. The number of halogens is 1. The van der Waals surface area contributed by atoms with Crippen molar-refractivity contribution >= 4 is 17.6 Å². The predicted octanol–water partition coefficient (Wildman–Crippen LogP) is 2.71. The molecule has 0 amide bonds. The van der Waals surface area contributed by atoms with Crippen LogP contribution in [-0.2, 0) is 15.9 Å². The molecule has 0 spiro atoms. The first-order chi connectivity index (χ1) is 11.9. The molecule has 2 heterocycles. The molecule has 1 saturated heterocycles. The number of ether oxygens (including phenoxy) is 2. The first-order valence-corrected chi connectivity index (χ1v) is 8.67. The van der Waals surface area contributed by atoms with Crippen molar-refractivity contribution in [3.63, 3.8) is 0 Å². The van der Waals surface area contributed by atoms with Crippen molar-refractivity contribution in [3.05, 3.63) is 34.4 Å². The van der Waals surface area contributed by atoms with E-state index in [4.69, 9.17) is 21.1 Å². The van der Waals surface area contributed by atoms with Gasteiger partial charge in [-0.25, -0.2) is 4.79 Å². The number of aromatic hydroxyl groups is 2. The lowest BCUT2D eigenvalue weighted by molar-refractivity contribution is 0.0305. The van der Waals surface area contributed by atoms with Crippen molar-refractivity contribution in [1.29, 1.82) is 0 Å². The molecule has 0 saturated carbocycles. The summed E-state index contributed by atoms with van der Waals surface area (Å²) in [6.07, 6.45) is 4.41. The van der Waals surface area contributed by atoms with Crippen LogP contribution in [0.3, 0.4) is 0 Å². The highest BCUT2D eigenvalue weighted by atomic mass is 35.5.